The van der Waals surface area contributed by atoms with Gasteiger partial charge in [-0.25, -0.2) is 4.68 Å². The number of hydrogen-bond acceptors (Lipinski definition) is 3. The lowest BCUT2D eigenvalue weighted by molar-refractivity contribution is -0.136. The molecule has 0 atom stereocenters. The van der Waals surface area contributed by atoms with Crippen molar-refractivity contribution < 1.29 is 9.90 Å². The molecule has 0 amide bonds. The number of aromatic nitrogens is 3. The van der Waals surface area contributed by atoms with Gasteiger partial charge in [-0.1, -0.05) is 23.4 Å². The summed E-state index contributed by atoms with van der Waals surface area (Å²) in [7, 11) is 0. The Labute approximate surface area is 117 Å². The van der Waals surface area contributed by atoms with Crippen LogP contribution in [0, 0.1) is 0 Å². The van der Waals surface area contributed by atoms with Crippen molar-refractivity contribution in [1.29, 1.82) is 0 Å². The van der Waals surface area contributed by atoms with Crippen LogP contribution in [0.3, 0.4) is 0 Å². The maximum Gasteiger partial charge on any atom is 0.303 e. The zero-order valence-electron chi connectivity index (χ0n) is 11.2. The molecule has 0 aliphatic heterocycles. The number of benzene rings is 1. The molecule has 20 heavy (non-hydrogen) atoms. The first-order valence-electron chi connectivity index (χ1n) is 6.92. The summed E-state index contributed by atoms with van der Waals surface area (Å²) >= 11 is 0. The van der Waals surface area contributed by atoms with Gasteiger partial charge in [-0.2, -0.15) is 0 Å². The van der Waals surface area contributed by atoms with Crippen LogP contribution in [0.5, 0.6) is 0 Å². The Hall–Kier alpha value is -2.17. The SMILES string of the molecule is O=C(O)CCc1cn(Cc2ccc3c(c2)CCC3)nn1. The summed E-state index contributed by atoms with van der Waals surface area (Å²) in [6, 6.07) is 6.60. The molecular weight excluding hydrogens is 254 g/mol. The smallest absolute Gasteiger partial charge is 0.303 e. The second kappa shape index (κ2) is 5.45. The molecule has 5 heteroatoms. The van der Waals surface area contributed by atoms with Gasteiger partial charge in [0.15, 0.2) is 0 Å². The summed E-state index contributed by atoms with van der Waals surface area (Å²) in [6.45, 7) is 0.688. The topological polar surface area (TPSA) is 68.0 Å². The second-order valence-electron chi connectivity index (χ2n) is 5.26. The highest BCUT2D eigenvalue weighted by Crippen LogP contribution is 2.23. The lowest BCUT2D eigenvalue weighted by Gasteiger charge is -2.04. The average Bonchev–Trinajstić information content (AvgIpc) is 3.04. The Morgan fingerprint density at radius 2 is 2.15 bits per heavy atom. The third kappa shape index (κ3) is 2.87. The van der Waals surface area contributed by atoms with Crippen molar-refractivity contribution in [2.45, 2.75) is 38.6 Å². The lowest BCUT2D eigenvalue weighted by Crippen LogP contribution is -2.01. The normalized spacial score (nSPS) is 13.4. The molecule has 2 aromatic rings. The van der Waals surface area contributed by atoms with Gasteiger partial charge in [0.1, 0.15) is 0 Å². The second-order valence-corrected chi connectivity index (χ2v) is 5.26. The minimum atomic E-state index is -0.807. The van der Waals surface area contributed by atoms with E-state index in [0.29, 0.717) is 13.0 Å². The molecular formula is C15H17N3O2. The summed E-state index contributed by atoms with van der Waals surface area (Å²) in [4.78, 5) is 10.5. The van der Waals surface area contributed by atoms with E-state index >= 15 is 0 Å². The molecule has 0 radical (unpaired) electrons. The number of fused-ring (bicyclic) bond motifs is 1. The molecule has 0 bridgehead atoms. The van der Waals surface area contributed by atoms with E-state index in [9.17, 15) is 4.79 Å². The van der Waals surface area contributed by atoms with Gasteiger partial charge >= 0.3 is 5.97 Å². The van der Waals surface area contributed by atoms with Crippen molar-refractivity contribution in [2.24, 2.45) is 0 Å². The number of carboxylic acids is 1. The molecule has 0 saturated heterocycles. The first-order chi connectivity index (χ1) is 9.70. The lowest BCUT2D eigenvalue weighted by atomic mass is 10.1. The van der Waals surface area contributed by atoms with Crippen molar-refractivity contribution >= 4 is 5.97 Å². The van der Waals surface area contributed by atoms with E-state index in [1.54, 1.807) is 4.68 Å². The quantitative estimate of drug-likeness (QED) is 0.901. The maximum absolute atomic E-state index is 10.5. The molecule has 0 saturated carbocycles. The molecule has 104 valence electrons. The highest BCUT2D eigenvalue weighted by molar-refractivity contribution is 5.66. The van der Waals surface area contributed by atoms with Crippen LogP contribution < -0.4 is 0 Å². The van der Waals surface area contributed by atoms with Crippen LogP contribution in [0.1, 0.15) is 35.2 Å². The molecule has 1 heterocycles. The fourth-order valence-corrected chi connectivity index (χ4v) is 2.68. The zero-order chi connectivity index (χ0) is 13.9. The summed E-state index contributed by atoms with van der Waals surface area (Å²) < 4.78 is 1.77. The van der Waals surface area contributed by atoms with Crippen molar-refractivity contribution in [1.82, 2.24) is 15.0 Å². The minimum absolute atomic E-state index is 0.0948. The standard InChI is InChI=1S/C15H17N3O2/c19-15(20)7-6-14-10-18(17-16-14)9-11-4-5-12-2-1-3-13(12)8-11/h4-5,8,10H,1-3,6-7,9H2,(H,19,20). The average molecular weight is 271 g/mol. The van der Waals surface area contributed by atoms with Crippen LogP contribution in [0.25, 0.3) is 0 Å². The molecule has 0 unspecified atom stereocenters. The van der Waals surface area contributed by atoms with E-state index < -0.39 is 5.97 Å². The third-order valence-electron chi connectivity index (χ3n) is 3.69. The van der Waals surface area contributed by atoms with Crippen LogP contribution in [-0.4, -0.2) is 26.1 Å². The summed E-state index contributed by atoms with van der Waals surface area (Å²) in [5, 5.41) is 16.7. The van der Waals surface area contributed by atoms with Crippen molar-refractivity contribution in [3.05, 3.63) is 46.8 Å². The summed E-state index contributed by atoms with van der Waals surface area (Å²) in [5.41, 5.74) is 4.87. The van der Waals surface area contributed by atoms with Gasteiger partial charge in [-0.05, 0) is 36.0 Å². The molecule has 1 aromatic carbocycles. The fourth-order valence-electron chi connectivity index (χ4n) is 2.68. The number of carbonyl (C=O) groups is 1. The highest BCUT2D eigenvalue weighted by Gasteiger charge is 2.11. The first-order valence-corrected chi connectivity index (χ1v) is 6.92. The van der Waals surface area contributed by atoms with E-state index in [0.717, 1.165) is 5.69 Å². The molecule has 1 aliphatic carbocycles. The number of aryl methyl sites for hydroxylation is 3. The van der Waals surface area contributed by atoms with Gasteiger partial charge in [0.25, 0.3) is 0 Å². The van der Waals surface area contributed by atoms with Crippen LogP contribution in [0.15, 0.2) is 24.4 Å². The highest BCUT2D eigenvalue weighted by atomic mass is 16.4. The Morgan fingerprint density at radius 1 is 1.30 bits per heavy atom. The number of nitrogens with zero attached hydrogens (tertiary/aromatic N) is 3. The van der Waals surface area contributed by atoms with Crippen LogP contribution in [-0.2, 0) is 30.6 Å². The molecule has 1 aliphatic rings. The summed E-state index contributed by atoms with van der Waals surface area (Å²) in [6.07, 6.45) is 5.97. The number of hydrogen-bond donors (Lipinski definition) is 1. The molecule has 1 aromatic heterocycles. The van der Waals surface area contributed by atoms with E-state index in [-0.39, 0.29) is 6.42 Å². The minimum Gasteiger partial charge on any atom is -0.481 e. The van der Waals surface area contributed by atoms with E-state index in [1.807, 2.05) is 6.20 Å². The third-order valence-corrected chi connectivity index (χ3v) is 3.69. The van der Waals surface area contributed by atoms with Gasteiger partial charge in [0, 0.05) is 12.6 Å². The van der Waals surface area contributed by atoms with Gasteiger partial charge in [0.2, 0.25) is 0 Å². The van der Waals surface area contributed by atoms with Crippen LogP contribution in [0.4, 0.5) is 0 Å². The molecule has 0 fully saturated rings. The fraction of sp³-hybridized carbons (Fsp3) is 0.400. The Morgan fingerprint density at radius 3 is 3.00 bits per heavy atom. The monoisotopic (exact) mass is 271 g/mol. The van der Waals surface area contributed by atoms with E-state index in [1.165, 1.54) is 36.0 Å². The number of carboxylic acid groups (broad SMARTS) is 1. The van der Waals surface area contributed by atoms with Gasteiger partial charge < -0.3 is 5.11 Å². The summed E-state index contributed by atoms with van der Waals surface area (Å²) in [5.74, 6) is -0.807. The van der Waals surface area contributed by atoms with Crippen molar-refractivity contribution in [3.8, 4) is 0 Å². The molecule has 5 nitrogen and oxygen atoms in total. The predicted octanol–water partition coefficient (Wildman–Crippen LogP) is 1.83. The van der Waals surface area contributed by atoms with Crippen molar-refractivity contribution in [2.75, 3.05) is 0 Å². The predicted molar refractivity (Wildman–Crippen MR) is 73.5 cm³/mol. The number of rotatable bonds is 5. The van der Waals surface area contributed by atoms with Gasteiger partial charge in [-0.15, -0.1) is 5.10 Å². The largest absolute Gasteiger partial charge is 0.481 e. The zero-order valence-corrected chi connectivity index (χ0v) is 11.2. The molecule has 1 N–H and O–H groups in total. The Balaban J connectivity index is 1.67. The van der Waals surface area contributed by atoms with Crippen LogP contribution in [0.2, 0.25) is 0 Å². The Kier molecular flexibility index (Phi) is 3.50. The van der Waals surface area contributed by atoms with Gasteiger partial charge in [0.05, 0.1) is 18.7 Å². The van der Waals surface area contributed by atoms with Crippen molar-refractivity contribution in [3.63, 3.8) is 0 Å². The number of aliphatic carboxylic acids is 1. The first kappa shape index (κ1) is 12.8. The molecule has 0 spiro atoms. The molecule has 3 rings (SSSR count). The van der Waals surface area contributed by atoms with E-state index in [2.05, 4.69) is 28.5 Å². The van der Waals surface area contributed by atoms with Crippen LogP contribution >= 0.6 is 0 Å². The van der Waals surface area contributed by atoms with E-state index in [4.69, 9.17) is 5.11 Å². The van der Waals surface area contributed by atoms with Gasteiger partial charge in [-0.3, -0.25) is 4.79 Å². The maximum atomic E-state index is 10.5. The Bertz CT molecular complexity index is 634.